The van der Waals surface area contributed by atoms with E-state index in [0.717, 1.165) is 12.1 Å². The minimum Gasteiger partial charge on any atom is -0.504 e. The smallest absolute Gasteiger partial charge is 0.326 e. The summed E-state index contributed by atoms with van der Waals surface area (Å²) >= 11 is 0. The monoisotopic (exact) mass is 269 g/mol. The van der Waals surface area contributed by atoms with Crippen molar-refractivity contribution < 1.29 is 29.6 Å². The van der Waals surface area contributed by atoms with Crippen LogP contribution in [-0.4, -0.2) is 47.0 Å². The lowest BCUT2D eigenvalue weighted by molar-refractivity contribution is -0.139. The van der Waals surface area contributed by atoms with Crippen LogP contribution in [0.4, 0.5) is 0 Å². The third-order valence-electron chi connectivity index (χ3n) is 2.45. The van der Waals surface area contributed by atoms with E-state index in [2.05, 4.69) is 5.32 Å². The summed E-state index contributed by atoms with van der Waals surface area (Å²) in [6, 6.07) is 2.40. The Morgan fingerprint density at radius 3 is 2.53 bits per heavy atom. The maximum atomic E-state index is 11.8. The first kappa shape index (κ1) is 14.8. The van der Waals surface area contributed by atoms with Crippen LogP contribution < -0.4 is 5.32 Å². The van der Waals surface area contributed by atoms with E-state index < -0.39 is 23.7 Å². The topological polar surface area (TPSA) is 116 Å². The molecule has 1 aromatic carbocycles. The van der Waals surface area contributed by atoms with Gasteiger partial charge in [0.05, 0.1) is 0 Å². The fourth-order valence-electron chi connectivity index (χ4n) is 1.40. The highest BCUT2D eigenvalue weighted by Crippen LogP contribution is 2.24. The molecule has 19 heavy (non-hydrogen) atoms. The van der Waals surface area contributed by atoms with Gasteiger partial charge < -0.3 is 25.4 Å². The quantitative estimate of drug-likeness (QED) is 0.553. The zero-order valence-corrected chi connectivity index (χ0v) is 10.3. The molecule has 1 atom stereocenters. The van der Waals surface area contributed by atoms with Gasteiger partial charge in [-0.2, -0.15) is 0 Å². The van der Waals surface area contributed by atoms with Gasteiger partial charge in [0.25, 0.3) is 5.91 Å². The van der Waals surface area contributed by atoms with Crippen molar-refractivity contribution in [3.8, 4) is 11.5 Å². The Hall–Kier alpha value is -2.28. The summed E-state index contributed by atoms with van der Waals surface area (Å²) in [4.78, 5) is 22.7. The highest BCUT2D eigenvalue weighted by molar-refractivity contribution is 5.97. The van der Waals surface area contributed by atoms with Gasteiger partial charge in [-0.25, -0.2) is 4.79 Å². The molecular weight excluding hydrogens is 254 g/mol. The molecule has 7 heteroatoms. The number of carboxylic acid groups (broad SMARTS) is 1. The summed E-state index contributed by atoms with van der Waals surface area (Å²) < 4.78 is 4.76. The number of hydrogen-bond acceptors (Lipinski definition) is 5. The van der Waals surface area contributed by atoms with E-state index in [9.17, 15) is 14.7 Å². The second-order valence-electron chi connectivity index (χ2n) is 3.85. The van der Waals surface area contributed by atoms with Gasteiger partial charge in [0.2, 0.25) is 0 Å². The number of amides is 1. The van der Waals surface area contributed by atoms with Crippen LogP contribution in [0.5, 0.6) is 11.5 Å². The number of aliphatic carboxylic acids is 1. The number of benzene rings is 1. The molecule has 104 valence electrons. The number of carbonyl (C=O) groups is 2. The number of ether oxygens (including phenoxy) is 1. The molecule has 1 unspecified atom stereocenters. The van der Waals surface area contributed by atoms with Crippen LogP contribution in [0, 0.1) is 0 Å². The normalized spacial score (nSPS) is 11.8. The predicted octanol–water partition coefficient (Wildman–Crippen LogP) is 0.317. The van der Waals surface area contributed by atoms with Crippen molar-refractivity contribution in [2.24, 2.45) is 0 Å². The van der Waals surface area contributed by atoms with Gasteiger partial charge in [-0.3, -0.25) is 4.79 Å². The van der Waals surface area contributed by atoms with E-state index in [1.165, 1.54) is 13.2 Å². The van der Waals surface area contributed by atoms with Crippen molar-refractivity contribution in [2.75, 3.05) is 13.7 Å². The number of aromatic hydroxyl groups is 2. The van der Waals surface area contributed by atoms with Crippen LogP contribution >= 0.6 is 0 Å². The van der Waals surface area contributed by atoms with E-state index in [-0.39, 0.29) is 24.3 Å². The van der Waals surface area contributed by atoms with E-state index in [4.69, 9.17) is 14.9 Å². The molecule has 7 nitrogen and oxygen atoms in total. The number of carboxylic acids is 1. The maximum absolute atomic E-state index is 11.8. The maximum Gasteiger partial charge on any atom is 0.326 e. The number of carbonyl (C=O) groups excluding carboxylic acids is 1. The lowest BCUT2D eigenvalue weighted by atomic mass is 10.1. The molecule has 1 aromatic rings. The summed E-state index contributed by atoms with van der Waals surface area (Å²) in [5.41, 5.74) is 0.0546. The van der Waals surface area contributed by atoms with Crippen molar-refractivity contribution in [2.45, 2.75) is 12.5 Å². The van der Waals surface area contributed by atoms with Crippen LogP contribution in [0.3, 0.4) is 0 Å². The number of methoxy groups -OCH3 is 1. The Morgan fingerprint density at radius 2 is 2.00 bits per heavy atom. The summed E-state index contributed by atoms with van der Waals surface area (Å²) in [5.74, 6) is -2.63. The molecule has 0 saturated heterocycles. The van der Waals surface area contributed by atoms with Crippen molar-refractivity contribution in [1.82, 2.24) is 5.32 Å². The van der Waals surface area contributed by atoms with E-state index in [1.54, 1.807) is 0 Å². The predicted molar refractivity (Wildman–Crippen MR) is 65.2 cm³/mol. The Kier molecular flexibility index (Phi) is 5.13. The van der Waals surface area contributed by atoms with Crippen molar-refractivity contribution in [3.63, 3.8) is 0 Å². The molecule has 0 aliphatic carbocycles. The lowest BCUT2D eigenvalue weighted by Crippen LogP contribution is -2.41. The molecule has 0 spiro atoms. The van der Waals surface area contributed by atoms with Crippen LogP contribution in [0.1, 0.15) is 16.8 Å². The molecule has 1 rings (SSSR count). The third kappa shape index (κ3) is 4.14. The van der Waals surface area contributed by atoms with Crippen molar-refractivity contribution >= 4 is 11.9 Å². The first-order chi connectivity index (χ1) is 8.95. The molecule has 0 bridgehead atoms. The largest absolute Gasteiger partial charge is 0.504 e. The number of phenolic OH excluding ortho intramolecular Hbond substituents is 2. The molecule has 0 radical (unpaired) electrons. The van der Waals surface area contributed by atoms with Gasteiger partial charge in [-0.1, -0.05) is 0 Å². The Bertz CT molecular complexity index is 473. The van der Waals surface area contributed by atoms with Crippen LogP contribution in [-0.2, 0) is 9.53 Å². The summed E-state index contributed by atoms with van der Waals surface area (Å²) in [7, 11) is 1.43. The number of nitrogens with one attached hydrogen (secondary N) is 1. The molecule has 0 heterocycles. The standard InChI is InChI=1S/C12H15NO6/c1-19-5-4-8(12(17)18)13-11(16)7-2-3-9(14)10(15)6-7/h2-3,6,8,14-15H,4-5H2,1H3,(H,13,16)(H,17,18). The highest BCUT2D eigenvalue weighted by Gasteiger charge is 2.20. The van der Waals surface area contributed by atoms with Crippen LogP contribution in [0.15, 0.2) is 18.2 Å². The Labute approximate surface area is 109 Å². The van der Waals surface area contributed by atoms with Gasteiger partial charge in [-0.05, 0) is 18.2 Å². The fraction of sp³-hybridized carbons (Fsp3) is 0.333. The molecule has 0 fully saturated rings. The zero-order chi connectivity index (χ0) is 14.4. The van der Waals surface area contributed by atoms with Crippen molar-refractivity contribution in [3.05, 3.63) is 23.8 Å². The highest BCUT2D eigenvalue weighted by atomic mass is 16.5. The summed E-state index contributed by atoms with van der Waals surface area (Å²) in [6.45, 7) is 0.193. The van der Waals surface area contributed by atoms with Gasteiger partial charge in [0, 0.05) is 25.7 Å². The SMILES string of the molecule is COCCC(NC(=O)c1ccc(O)c(O)c1)C(=O)O. The molecule has 4 N–H and O–H groups in total. The lowest BCUT2D eigenvalue weighted by Gasteiger charge is -2.14. The van der Waals surface area contributed by atoms with Crippen LogP contribution in [0.25, 0.3) is 0 Å². The van der Waals surface area contributed by atoms with E-state index in [1.807, 2.05) is 0 Å². The zero-order valence-electron chi connectivity index (χ0n) is 10.3. The molecular formula is C12H15NO6. The minimum atomic E-state index is -1.17. The average molecular weight is 269 g/mol. The fourth-order valence-corrected chi connectivity index (χ4v) is 1.40. The van der Waals surface area contributed by atoms with Crippen LogP contribution in [0.2, 0.25) is 0 Å². The second-order valence-corrected chi connectivity index (χ2v) is 3.85. The number of rotatable bonds is 6. The number of hydrogen-bond donors (Lipinski definition) is 4. The molecule has 0 aromatic heterocycles. The van der Waals surface area contributed by atoms with Gasteiger partial charge >= 0.3 is 5.97 Å². The van der Waals surface area contributed by atoms with E-state index >= 15 is 0 Å². The number of phenols is 2. The summed E-state index contributed by atoms with van der Waals surface area (Å²) in [5, 5.41) is 29.6. The first-order valence-electron chi connectivity index (χ1n) is 5.50. The van der Waals surface area contributed by atoms with Crippen molar-refractivity contribution in [1.29, 1.82) is 0 Å². The third-order valence-corrected chi connectivity index (χ3v) is 2.45. The molecule has 0 saturated carbocycles. The van der Waals surface area contributed by atoms with Gasteiger partial charge in [0.15, 0.2) is 11.5 Å². The first-order valence-corrected chi connectivity index (χ1v) is 5.50. The minimum absolute atomic E-state index is 0.0546. The molecule has 1 amide bonds. The van der Waals surface area contributed by atoms with Gasteiger partial charge in [0.1, 0.15) is 6.04 Å². The average Bonchev–Trinajstić information content (AvgIpc) is 2.37. The Balaban J connectivity index is 2.75. The van der Waals surface area contributed by atoms with Gasteiger partial charge in [-0.15, -0.1) is 0 Å². The Morgan fingerprint density at radius 1 is 1.32 bits per heavy atom. The van der Waals surface area contributed by atoms with E-state index in [0.29, 0.717) is 0 Å². The molecule has 0 aliphatic heterocycles. The second kappa shape index (κ2) is 6.60. The molecule has 0 aliphatic rings. The summed E-state index contributed by atoms with van der Waals surface area (Å²) in [6.07, 6.45) is 0.127.